The molecule has 3 aromatic rings. The number of benzene rings is 2. The first-order valence-electron chi connectivity index (χ1n) is 11.3. The van der Waals surface area contributed by atoms with Gasteiger partial charge in [0.05, 0.1) is 6.54 Å². The highest BCUT2D eigenvalue weighted by Gasteiger charge is 2.69. The first-order valence-corrected chi connectivity index (χ1v) is 11.3. The summed E-state index contributed by atoms with van der Waals surface area (Å²) >= 11 is 0. The first-order chi connectivity index (χ1) is 16.9. The molecule has 0 spiro atoms. The SMILES string of the molecule is O[C@@H](COc1ccc(C23CC(C[C@@](O)(Cn4cnnn4)c4ccc(F)cc4F)(C2)C3)cc1)C(F)(F)F. The number of aliphatic hydroxyl groups is 2. The Balaban J connectivity index is 1.27. The smallest absolute Gasteiger partial charge is 0.417 e. The molecule has 2 N–H and O–H groups in total. The Labute approximate surface area is 202 Å². The second-order valence-corrected chi connectivity index (χ2v) is 10.0. The lowest BCUT2D eigenvalue weighted by atomic mass is 9.32. The van der Waals surface area contributed by atoms with Gasteiger partial charge in [-0.25, -0.2) is 13.5 Å². The van der Waals surface area contributed by atoms with Crippen molar-refractivity contribution in [2.45, 2.75) is 55.5 Å². The van der Waals surface area contributed by atoms with Gasteiger partial charge in [-0.15, -0.1) is 5.10 Å². The molecule has 2 bridgehead atoms. The number of nitrogens with zero attached hydrogens (tertiary/aromatic N) is 4. The fraction of sp³-hybridized carbons (Fsp3) is 0.458. The van der Waals surface area contributed by atoms with Gasteiger partial charge in [-0.1, -0.05) is 18.2 Å². The van der Waals surface area contributed by atoms with Crippen molar-refractivity contribution in [3.8, 4) is 5.75 Å². The third-order valence-corrected chi connectivity index (χ3v) is 7.31. The molecule has 7 nitrogen and oxygen atoms in total. The van der Waals surface area contributed by atoms with Crippen molar-refractivity contribution in [3.63, 3.8) is 0 Å². The molecule has 0 radical (unpaired) electrons. The van der Waals surface area contributed by atoms with Crippen molar-refractivity contribution < 1.29 is 36.9 Å². The quantitative estimate of drug-likeness (QED) is 0.427. The number of tetrazole rings is 1. The van der Waals surface area contributed by atoms with Crippen LogP contribution in [0.15, 0.2) is 48.8 Å². The van der Waals surface area contributed by atoms with Crippen molar-refractivity contribution in [2.75, 3.05) is 6.61 Å². The highest BCUT2D eigenvalue weighted by atomic mass is 19.4. The molecule has 0 saturated heterocycles. The maximum atomic E-state index is 14.7. The standard InChI is InChI=1S/C24H23F5N4O3/c25-16-3-6-18(19(26)7-16)23(35,13-33-14-30-31-32-33)12-21-9-22(10-21,11-21)15-1-4-17(5-2-15)36-8-20(34)24(27,28)29/h1-7,14,20,34-35H,8-13H2/t20-,21?,22?,23+/m0/s1. The third-order valence-electron chi connectivity index (χ3n) is 7.31. The number of ether oxygens (including phenoxy) is 1. The van der Waals surface area contributed by atoms with Crippen LogP contribution in [0, 0.1) is 17.0 Å². The molecule has 3 aliphatic carbocycles. The molecule has 192 valence electrons. The van der Waals surface area contributed by atoms with E-state index in [1.54, 1.807) is 24.3 Å². The lowest BCUT2D eigenvalue weighted by Gasteiger charge is -2.72. The summed E-state index contributed by atoms with van der Waals surface area (Å²) in [6.07, 6.45) is -3.58. The van der Waals surface area contributed by atoms with Crippen LogP contribution in [0.25, 0.3) is 0 Å². The fourth-order valence-corrected chi connectivity index (χ4v) is 5.91. The van der Waals surface area contributed by atoms with Crippen LogP contribution < -0.4 is 4.74 Å². The summed E-state index contributed by atoms with van der Waals surface area (Å²) in [6, 6.07) is 9.77. The normalized spacial score (nSPS) is 25.4. The molecule has 0 aliphatic heterocycles. The van der Waals surface area contributed by atoms with E-state index in [-0.39, 0.29) is 35.1 Å². The zero-order valence-electron chi connectivity index (χ0n) is 18.9. The summed E-state index contributed by atoms with van der Waals surface area (Å²) in [4.78, 5) is 0. The van der Waals surface area contributed by atoms with Gasteiger partial charge >= 0.3 is 6.18 Å². The highest BCUT2D eigenvalue weighted by molar-refractivity contribution is 5.42. The van der Waals surface area contributed by atoms with Crippen LogP contribution in [0.1, 0.15) is 36.8 Å². The van der Waals surface area contributed by atoms with E-state index in [2.05, 4.69) is 15.5 Å². The number of rotatable bonds is 9. The number of aliphatic hydroxyl groups excluding tert-OH is 1. The van der Waals surface area contributed by atoms with Crippen LogP contribution >= 0.6 is 0 Å². The summed E-state index contributed by atoms with van der Waals surface area (Å²) in [5.74, 6) is -1.38. The minimum Gasteiger partial charge on any atom is -0.491 e. The predicted octanol–water partition coefficient (Wildman–Crippen LogP) is 3.65. The molecular formula is C24H23F5N4O3. The molecule has 1 heterocycles. The molecular weight excluding hydrogens is 487 g/mol. The second-order valence-electron chi connectivity index (χ2n) is 10.0. The minimum absolute atomic E-state index is 0.0271. The summed E-state index contributed by atoms with van der Waals surface area (Å²) in [5.41, 5.74) is -1.10. The Morgan fingerprint density at radius 3 is 2.33 bits per heavy atom. The third kappa shape index (κ3) is 4.43. The monoisotopic (exact) mass is 510 g/mol. The lowest BCUT2D eigenvalue weighted by Crippen LogP contribution is -2.66. The maximum Gasteiger partial charge on any atom is 0.417 e. The van der Waals surface area contributed by atoms with Crippen molar-refractivity contribution in [2.24, 2.45) is 5.41 Å². The molecule has 3 saturated carbocycles. The van der Waals surface area contributed by atoms with Crippen molar-refractivity contribution in [3.05, 3.63) is 71.6 Å². The zero-order valence-corrected chi connectivity index (χ0v) is 18.9. The lowest BCUT2D eigenvalue weighted by molar-refractivity contribution is -0.210. The van der Waals surface area contributed by atoms with E-state index in [9.17, 15) is 27.1 Å². The van der Waals surface area contributed by atoms with E-state index >= 15 is 0 Å². The Kier molecular flexibility index (Phi) is 5.79. The van der Waals surface area contributed by atoms with Gasteiger partial charge in [-0.2, -0.15) is 13.2 Å². The van der Waals surface area contributed by atoms with Gasteiger partial charge in [0.25, 0.3) is 0 Å². The summed E-state index contributed by atoms with van der Waals surface area (Å²) in [6.45, 7) is -0.996. The minimum atomic E-state index is -4.75. The first kappa shape index (κ1) is 24.6. The summed E-state index contributed by atoms with van der Waals surface area (Å²) in [5, 5.41) is 31.6. The van der Waals surface area contributed by atoms with Crippen LogP contribution in [0.2, 0.25) is 0 Å². The van der Waals surface area contributed by atoms with Crippen LogP contribution in [-0.2, 0) is 17.6 Å². The molecule has 0 amide bonds. The van der Waals surface area contributed by atoms with Crippen LogP contribution in [0.5, 0.6) is 5.75 Å². The van der Waals surface area contributed by atoms with Crippen LogP contribution in [-0.4, -0.2) is 49.3 Å². The van der Waals surface area contributed by atoms with E-state index in [1.165, 1.54) is 17.1 Å². The molecule has 1 aromatic heterocycles. The fourth-order valence-electron chi connectivity index (χ4n) is 5.91. The van der Waals surface area contributed by atoms with Crippen LogP contribution in [0.3, 0.4) is 0 Å². The Morgan fingerprint density at radius 2 is 1.75 bits per heavy atom. The Morgan fingerprint density at radius 1 is 1.06 bits per heavy atom. The van der Waals surface area contributed by atoms with Crippen molar-refractivity contribution >= 4 is 0 Å². The number of aromatic nitrogens is 4. The number of hydrogen-bond acceptors (Lipinski definition) is 6. The van der Waals surface area contributed by atoms with Gasteiger partial charge in [-0.3, -0.25) is 0 Å². The molecule has 2 atom stereocenters. The molecule has 2 aromatic carbocycles. The number of hydrogen-bond donors (Lipinski definition) is 2. The second kappa shape index (κ2) is 8.48. The van der Waals surface area contributed by atoms with E-state index in [4.69, 9.17) is 9.84 Å². The van der Waals surface area contributed by atoms with Crippen molar-refractivity contribution in [1.82, 2.24) is 20.2 Å². The highest BCUT2D eigenvalue weighted by Crippen LogP contribution is 2.76. The Bertz CT molecular complexity index is 1220. The van der Waals surface area contributed by atoms with Gasteiger partial charge in [0.1, 0.15) is 35.9 Å². The topological polar surface area (TPSA) is 93.3 Å². The van der Waals surface area contributed by atoms with E-state index in [0.717, 1.165) is 37.0 Å². The van der Waals surface area contributed by atoms with Crippen molar-refractivity contribution in [1.29, 1.82) is 0 Å². The van der Waals surface area contributed by atoms with E-state index < -0.39 is 36.1 Å². The molecule has 0 unspecified atom stereocenters. The molecule has 3 aliphatic rings. The molecule has 36 heavy (non-hydrogen) atoms. The molecule has 12 heteroatoms. The zero-order chi connectivity index (χ0) is 25.8. The van der Waals surface area contributed by atoms with Gasteiger partial charge < -0.3 is 14.9 Å². The van der Waals surface area contributed by atoms with Gasteiger partial charge in [-0.05, 0) is 70.7 Å². The van der Waals surface area contributed by atoms with E-state index in [1.807, 2.05) is 0 Å². The average molecular weight is 510 g/mol. The average Bonchev–Trinajstić information content (AvgIpc) is 3.26. The number of alkyl halides is 3. The number of halogens is 5. The molecule has 3 fully saturated rings. The van der Waals surface area contributed by atoms with Crippen LogP contribution in [0.4, 0.5) is 22.0 Å². The van der Waals surface area contributed by atoms with Gasteiger partial charge in [0, 0.05) is 11.6 Å². The Hall–Kier alpha value is -3.12. The summed E-state index contributed by atoms with van der Waals surface area (Å²) < 4.78 is 71.9. The maximum absolute atomic E-state index is 14.7. The van der Waals surface area contributed by atoms with Gasteiger partial charge in [0.15, 0.2) is 6.10 Å². The summed E-state index contributed by atoms with van der Waals surface area (Å²) in [7, 11) is 0. The van der Waals surface area contributed by atoms with Gasteiger partial charge in [0.2, 0.25) is 0 Å². The van der Waals surface area contributed by atoms with E-state index in [0.29, 0.717) is 0 Å². The molecule has 6 rings (SSSR count). The predicted molar refractivity (Wildman–Crippen MR) is 115 cm³/mol. The largest absolute Gasteiger partial charge is 0.491 e.